The number of thiazole rings is 1. The minimum absolute atomic E-state index is 0.177. The third-order valence-corrected chi connectivity index (χ3v) is 7.96. The van der Waals surface area contributed by atoms with Crippen LogP contribution in [-0.4, -0.2) is 10.2 Å². The fraction of sp³-hybridized carbons (Fsp3) is 0.0476. The fourth-order valence-corrected chi connectivity index (χ4v) is 5.86. The van der Waals surface area contributed by atoms with E-state index >= 15 is 0 Å². The van der Waals surface area contributed by atoms with Gasteiger partial charge in [-0.1, -0.05) is 87.7 Å². The first-order valence-corrected chi connectivity index (χ1v) is 11.9. The molecule has 1 aromatic heterocycles. The molecule has 0 amide bonds. The van der Waals surface area contributed by atoms with Crippen LogP contribution in [0.1, 0.15) is 11.1 Å². The molecule has 0 N–H and O–H groups in total. The van der Waals surface area contributed by atoms with Crippen molar-refractivity contribution >= 4 is 90.0 Å². The van der Waals surface area contributed by atoms with Gasteiger partial charge in [-0.2, -0.15) is 13.2 Å². The molecule has 32 heavy (non-hydrogen) atoms. The SMILES string of the molecule is FC(F)(F)c1ccc(Sc2c(Cl)cc3nc(N=C(Cl)c4ccccc4Cl)sc3c2Cl)cc1. The maximum atomic E-state index is 12.8. The monoisotopic (exact) mass is 550 g/mol. The number of benzene rings is 3. The fourth-order valence-electron chi connectivity index (χ4n) is 2.71. The maximum Gasteiger partial charge on any atom is 0.416 e. The summed E-state index contributed by atoms with van der Waals surface area (Å²) in [6.45, 7) is 0. The van der Waals surface area contributed by atoms with E-state index in [0.29, 0.717) is 45.8 Å². The number of rotatable bonds is 4. The van der Waals surface area contributed by atoms with E-state index < -0.39 is 11.7 Å². The van der Waals surface area contributed by atoms with Crippen LogP contribution in [0.15, 0.2) is 69.4 Å². The van der Waals surface area contributed by atoms with Crippen LogP contribution < -0.4 is 0 Å². The molecule has 0 aliphatic carbocycles. The van der Waals surface area contributed by atoms with Gasteiger partial charge in [0.25, 0.3) is 0 Å². The third-order valence-electron chi connectivity index (χ3n) is 4.21. The summed E-state index contributed by atoms with van der Waals surface area (Å²) in [7, 11) is 0. The summed E-state index contributed by atoms with van der Waals surface area (Å²) in [5.74, 6) is 0. The van der Waals surface area contributed by atoms with Gasteiger partial charge in [0.1, 0.15) is 5.17 Å². The second-order valence-electron chi connectivity index (χ2n) is 6.35. The van der Waals surface area contributed by atoms with E-state index in [-0.39, 0.29) is 5.17 Å². The largest absolute Gasteiger partial charge is 0.416 e. The number of aliphatic imine (C=N–C) groups is 1. The molecule has 0 aliphatic heterocycles. The first-order valence-electron chi connectivity index (χ1n) is 8.76. The number of nitrogens with zero attached hydrogens (tertiary/aromatic N) is 2. The Kier molecular flexibility index (Phi) is 6.96. The molecule has 3 aromatic carbocycles. The maximum absolute atomic E-state index is 12.8. The molecule has 4 aromatic rings. The summed E-state index contributed by atoms with van der Waals surface area (Å²) in [6, 6.07) is 13.4. The van der Waals surface area contributed by atoms with Crippen molar-refractivity contribution < 1.29 is 13.2 Å². The van der Waals surface area contributed by atoms with Crippen molar-refractivity contribution in [2.24, 2.45) is 4.99 Å². The van der Waals surface area contributed by atoms with E-state index in [1.165, 1.54) is 35.2 Å². The molecule has 1 heterocycles. The van der Waals surface area contributed by atoms with Gasteiger partial charge in [-0.25, -0.2) is 9.98 Å². The average Bonchev–Trinajstić information content (AvgIpc) is 3.13. The molecule has 0 saturated carbocycles. The van der Waals surface area contributed by atoms with Crippen LogP contribution in [0, 0.1) is 0 Å². The van der Waals surface area contributed by atoms with Gasteiger partial charge < -0.3 is 0 Å². The van der Waals surface area contributed by atoms with Crippen molar-refractivity contribution in [3.05, 3.63) is 80.8 Å². The Hall–Kier alpha value is -1.48. The van der Waals surface area contributed by atoms with Gasteiger partial charge in [0.2, 0.25) is 5.13 Å². The lowest BCUT2D eigenvalue weighted by atomic mass is 10.2. The van der Waals surface area contributed by atoms with Gasteiger partial charge in [-0.15, -0.1) is 0 Å². The zero-order valence-electron chi connectivity index (χ0n) is 15.6. The number of hydrogen-bond acceptors (Lipinski definition) is 4. The highest BCUT2D eigenvalue weighted by Crippen LogP contribution is 2.46. The normalized spacial score (nSPS) is 12.5. The minimum atomic E-state index is -4.40. The van der Waals surface area contributed by atoms with Crippen molar-refractivity contribution in [2.45, 2.75) is 16.0 Å². The van der Waals surface area contributed by atoms with Crippen LogP contribution in [0.2, 0.25) is 15.1 Å². The first kappa shape index (κ1) is 23.7. The smallest absolute Gasteiger partial charge is 0.218 e. The second-order valence-corrected chi connectivity index (χ2v) is 9.96. The topological polar surface area (TPSA) is 25.2 Å². The molecule has 0 spiro atoms. The predicted molar refractivity (Wildman–Crippen MR) is 129 cm³/mol. The Morgan fingerprint density at radius 3 is 2.31 bits per heavy atom. The highest BCUT2D eigenvalue weighted by Gasteiger charge is 2.30. The Morgan fingerprint density at radius 2 is 1.66 bits per heavy atom. The van der Waals surface area contributed by atoms with Crippen molar-refractivity contribution in [1.29, 1.82) is 0 Å². The predicted octanol–water partition coefficient (Wildman–Crippen LogP) is 9.74. The van der Waals surface area contributed by atoms with Gasteiger partial charge in [-0.05, 0) is 36.4 Å². The summed E-state index contributed by atoms with van der Waals surface area (Å²) < 4.78 is 39.0. The lowest BCUT2D eigenvalue weighted by Gasteiger charge is -2.09. The molecule has 164 valence electrons. The molecule has 11 heteroatoms. The summed E-state index contributed by atoms with van der Waals surface area (Å²) >= 11 is 27.8. The van der Waals surface area contributed by atoms with Gasteiger partial charge in [0.05, 0.1) is 35.7 Å². The summed E-state index contributed by atoms with van der Waals surface area (Å²) in [5, 5.41) is 1.66. The first-order chi connectivity index (χ1) is 15.1. The average molecular weight is 552 g/mol. The van der Waals surface area contributed by atoms with Crippen LogP contribution >= 0.6 is 69.5 Å². The molecule has 0 bridgehead atoms. The van der Waals surface area contributed by atoms with E-state index in [4.69, 9.17) is 46.4 Å². The number of aromatic nitrogens is 1. The van der Waals surface area contributed by atoms with Crippen LogP contribution in [0.5, 0.6) is 0 Å². The lowest BCUT2D eigenvalue weighted by molar-refractivity contribution is -0.137. The Bertz CT molecular complexity index is 1340. The Balaban J connectivity index is 1.68. The van der Waals surface area contributed by atoms with Crippen LogP contribution in [0.4, 0.5) is 18.3 Å². The standard InChI is InChI=1S/C21H9Cl4F3N2S2/c22-13-4-2-1-3-12(13)19(25)30-20-29-15-9-14(23)17(16(24)18(15)32-20)31-11-7-5-10(6-8-11)21(26,27)28/h1-9H. The van der Waals surface area contributed by atoms with Crippen LogP contribution in [0.25, 0.3) is 10.2 Å². The molecule has 0 fully saturated rings. The second kappa shape index (κ2) is 9.41. The molecular formula is C21H9Cl4F3N2S2. The quantitative estimate of drug-likeness (QED) is 0.236. The molecule has 0 unspecified atom stereocenters. The van der Waals surface area contributed by atoms with E-state index in [1.54, 1.807) is 30.3 Å². The highest BCUT2D eigenvalue weighted by atomic mass is 35.5. The van der Waals surface area contributed by atoms with E-state index in [9.17, 15) is 13.2 Å². The zero-order chi connectivity index (χ0) is 23.0. The number of hydrogen-bond donors (Lipinski definition) is 0. The summed E-state index contributed by atoms with van der Waals surface area (Å²) in [6.07, 6.45) is -4.40. The Labute approximate surface area is 209 Å². The van der Waals surface area contributed by atoms with Crippen molar-refractivity contribution in [1.82, 2.24) is 4.98 Å². The van der Waals surface area contributed by atoms with Gasteiger partial charge >= 0.3 is 6.18 Å². The van der Waals surface area contributed by atoms with E-state index in [2.05, 4.69) is 9.98 Å². The Morgan fingerprint density at radius 1 is 0.969 bits per heavy atom. The molecule has 4 rings (SSSR count). The highest BCUT2D eigenvalue weighted by molar-refractivity contribution is 7.99. The van der Waals surface area contributed by atoms with Gasteiger partial charge in [0, 0.05) is 10.5 Å². The van der Waals surface area contributed by atoms with E-state index in [1.807, 2.05) is 0 Å². The number of alkyl halides is 3. The van der Waals surface area contributed by atoms with Crippen molar-refractivity contribution in [3.8, 4) is 0 Å². The zero-order valence-corrected chi connectivity index (χ0v) is 20.2. The third kappa shape index (κ3) is 5.03. The van der Waals surface area contributed by atoms with Gasteiger partial charge in [-0.3, -0.25) is 0 Å². The molecule has 0 aliphatic rings. The van der Waals surface area contributed by atoms with E-state index in [0.717, 1.165) is 12.1 Å². The minimum Gasteiger partial charge on any atom is -0.218 e. The van der Waals surface area contributed by atoms with Crippen LogP contribution in [0.3, 0.4) is 0 Å². The number of halogens is 7. The molecular weight excluding hydrogens is 543 g/mol. The molecule has 0 radical (unpaired) electrons. The molecule has 2 nitrogen and oxygen atoms in total. The summed E-state index contributed by atoms with van der Waals surface area (Å²) in [4.78, 5) is 9.82. The summed E-state index contributed by atoms with van der Waals surface area (Å²) in [5.41, 5.74) is 0.372. The number of fused-ring (bicyclic) bond motifs is 1. The molecule has 0 saturated heterocycles. The van der Waals surface area contributed by atoms with Crippen molar-refractivity contribution in [3.63, 3.8) is 0 Å². The molecule has 0 atom stereocenters. The van der Waals surface area contributed by atoms with Crippen LogP contribution in [-0.2, 0) is 6.18 Å². The van der Waals surface area contributed by atoms with Crippen molar-refractivity contribution in [2.75, 3.05) is 0 Å². The lowest BCUT2D eigenvalue weighted by Crippen LogP contribution is -2.03. The van der Waals surface area contributed by atoms with Gasteiger partial charge in [0.15, 0.2) is 0 Å².